The van der Waals surface area contributed by atoms with Crippen molar-refractivity contribution in [1.82, 2.24) is 14.9 Å². The molecule has 0 bridgehead atoms. The van der Waals surface area contributed by atoms with Crippen LogP contribution >= 0.6 is 11.3 Å². The van der Waals surface area contributed by atoms with Gasteiger partial charge in [0.2, 0.25) is 0 Å². The lowest BCUT2D eigenvalue weighted by Gasteiger charge is -2.25. The normalized spacial score (nSPS) is 20.8. The minimum absolute atomic E-state index is 0.0826. The SMILES string of the molecule is Cc1ccc(C(=O)N2CC[C@@]3(C2)CN(Cc2cccnc2)c2cccnc23)s1. The fraction of sp³-hybridized carbons (Fsp3) is 0.318. The standard InChI is InChI=1S/C22H22N4OS/c1-16-6-7-19(28-16)21(27)25-11-8-22(14-25)15-26(13-17-4-2-9-23-12-17)18-5-3-10-24-20(18)22/h2-7,9-10,12H,8,11,13-15H2,1H3/t22-/m1/s1. The maximum atomic E-state index is 13.0. The topological polar surface area (TPSA) is 49.3 Å². The molecule has 3 aromatic rings. The molecule has 5 heterocycles. The van der Waals surface area contributed by atoms with Crippen molar-refractivity contribution in [3.8, 4) is 0 Å². The van der Waals surface area contributed by atoms with Crippen LogP contribution in [0.1, 0.15) is 32.2 Å². The summed E-state index contributed by atoms with van der Waals surface area (Å²) in [7, 11) is 0. The summed E-state index contributed by atoms with van der Waals surface area (Å²) in [5.41, 5.74) is 3.43. The van der Waals surface area contributed by atoms with Gasteiger partial charge in [0.25, 0.3) is 5.91 Å². The molecule has 0 radical (unpaired) electrons. The van der Waals surface area contributed by atoms with Crippen LogP contribution in [-0.4, -0.2) is 40.4 Å². The minimum atomic E-state index is -0.0826. The second-order valence-electron chi connectivity index (χ2n) is 7.76. The van der Waals surface area contributed by atoms with Crippen LogP contribution in [0.25, 0.3) is 0 Å². The van der Waals surface area contributed by atoms with E-state index in [2.05, 4.69) is 22.0 Å². The molecular formula is C22H22N4OS. The highest BCUT2D eigenvalue weighted by atomic mass is 32.1. The van der Waals surface area contributed by atoms with Gasteiger partial charge in [0.05, 0.1) is 21.7 Å². The maximum absolute atomic E-state index is 13.0. The van der Waals surface area contributed by atoms with Crippen LogP contribution in [0.15, 0.2) is 55.0 Å². The maximum Gasteiger partial charge on any atom is 0.263 e. The number of likely N-dealkylation sites (tertiary alicyclic amines) is 1. The highest BCUT2D eigenvalue weighted by Gasteiger charge is 2.49. The van der Waals surface area contributed by atoms with E-state index in [1.54, 1.807) is 17.5 Å². The van der Waals surface area contributed by atoms with Crippen molar-refractivity contribution in [1.29, 1.82) is 0 Å². The molecule has 0 N–H and O–H groups in total. The number of carbonyl (C=O) groups is 1. The Morgan fingerprint density at radius 3 is 2.86 bits per heavy atom. The Hall–Kier alpha value is -2.73. The Bertz CT molecular complexity index is 1020. The summed E-state index contributed by atoms with van der Waals surface area (Å²) < 4.78 is 0. The van der Waals surface area contributed by atoms with Crippen LogP contribution in [0.2, 0.25) is 0 Å². The van der Waals surface area contributed by atoms with E-state index in [1.807, 2.05) is 48.5 Å². The van der Waals surface area contributed by atoms with Crippen LogP contribution < -0.4 is 4.90 Å². The van der Waals surface area contributed by atoms with Gasteiger partial charge in [0.15, 0.2) is 0 Å². The second kappa shape index (κ2) is 6.71. The Morgan fingerprint density at radius 1 is 1.18 bits per heavy atom. The van der Waals surface area contributed by atoms with E-state index in [9.17, 15) is 4.79 Å². The van der Waals surface area contributed by atoms with Gasteiger partial charge >= 0.3 is 0 Å². The molecule has 1 amide bonds. The summed E-state index contributed by atoms with van der Waals surface area (Å²) in [6, 6.07) is 12.2. The van der Waals surface area contributed by atoms with Crippen LogP contribution in [0.4, 0.5) is 5.69 Å². The van der Waals surface area contributed by atoms with Gasteiger partial charge in [0.1, 0.15) is 0 Å². The fourth-order valence-corrected chi connectivity index (χ4v) is 5.35. The van der Waals surface area contributed by atoms with Gasteiger partial charge in [-0.3, -0.25) is 14.8 Å². The lowest BCUT2D eigenvalue weighted by atomic mass is 9.85. The number of aromatic nitrogens is 2. The number of hydrogen-bond acceptors (Lipinski definition) is 5. The molecule has 1 spiro atoms. The number of amides is 1. The first-order valence-electron chi connectivity index (χ1n) is 9.60. The molecule has 1 fully saturated rings. The molecule has 1 atom stereocenters. The average molecular weight is 391 g/mol. The van der Waals surface area contributed by atoms with Crippen LogP contribution in [0, 0.1) is 6.92 Å². The highest BCUT2D eigenvalue weighted by molar-refractivity contribution is 7.13. The summed E-state index contributed by atoms with van der Waals surface area (Å²) in [6.07, 6.45) is 6.56. The smallest absolute Gasteiger partial charge is 0.263 e. The number of carbonyl (C=O) groups excluding carboxylic acids is 1. The zero-order chi connectivity index (χ0) is 19.1. The van der Waals surface area contributed by atoms with Crippen molar-refractivity contribution in [2.75, 3.05) is 24.5 Å². The molecule has 142 valence electrons. The molecular weight excluding hydrogens is 368 g/mol. The Morgan fingerprint density at radius 2 is 2.07 bits per heavy atom. The van der Waals surface area contributed by atoms with Gasteiger partial charge in [-0.2, -0.15) is 0 Å². The third-order valence-electron chi connectivity index (χ3n) is 5.81. The number of aryl methyl sites for hydroxylation is 1. The van der Waals surface area contributed by atoms with Gasteiger partial charge in [0, 0.05) is 49.6 Å². The third kappa shape index (κ3) is 2.88. The van der Waals surface area contributed by atoms with Crippen molar-refractivity contribution in [3.63, 3.8) is 0 Å². The molecule has 1 saturated heterocycles. The lowest BCUT2D eigenvalue weighted by molar-refractivity contribution is 0.0789. The number of fused-ring (bicyclic) bond motifs is 2. The van der Waals surface area contributed by atoms with Crippen molar-refractivity contribution >= 4 is 22.9 Å². The number of nitrogens with zero attached hydrogens (tertiary/aromatic N) is 4. The van der Waals surface area contributed by atoms with Gasteiger partial charge in [-0.1, -0.05) is 6.07 Å². The van der Waals surface area contributed by atoms with Gasteiger partial charge in [-0.15, -0.1) is 11.3 Å². The van der Waals surface area contributed by atoms with Gasteiger partial charge in [-0.05, 0) is 49.2 Å². The first kappa shape index (κ1) is 17.4. The summed E-state index contributed by atoms with van der Waals surface area (Å²) in [6.45, 7) is 5.26. The first-order chi connectivity index (χ1) is 13.6. The molecule has 0 unspecified atom stereocenters. The average Bonchev–Trinajstić information content (AvgIpc) is 3.42. The second-order valence-corrected chi connectivity index (χ2v) is 9.04. The number of anilines is 1. The van der Waals surface area contributed by atoms with Crippen molar-refractivity contribution in [2.45, 2.75) is 25.3 Å². The number of rotatable bonds is 3. The number of hydrogen-bond donors (Lipinski definition) is 0. The van der Waals surface area contributed by atoms with Gasteiger partial charge in [-0.25, -0.2) is 0 Å². The number of pyridine rings is 2. The van der Waals surface area contributed by atoms with E-state index in [-0.39, 0.29) is 11.3 Å². The minimum Gasteiger partial charge on any atom is -0.365 e. The zero-order valence-electron chi connectivity index (χ0n) is 15.8. The molecule has 0 aliphatic carbocycles. The quantitative estimate of drug-likeness (QED) is 0.685. The molecule has 0 saturated carbocycles. The Kier molecular flexibility index (Phi) is 4.16. The predicted octanol–water partition coefficient (Wildman–Crippen LogP) is 3.65. The molecule has 5 rings (SSSR count). The van der Waals surface area contributed by atoms with Crippen molar-refractivity contribution < 1.29 is 4.79 Å². The third-order valence-corrected chi connectivity index (χ3v) is 6.80. The highest BCUT2D eigenvalue weighted by Crippen LogP contribution is 2.45. The van der Waals surface area contributed by atoms with Crippen LogP contribution in [-0.2, 0) is 12.0 Å². The molecule has 2 aliphatic rings. The van der Waals surface area contributed by atoms with E-state index in [0.29, 0.717) is 0 Å². The van der Waals surface area contributed by atoms with E-state index in [1.165, 1.54) is 16.1 Å². The van der Waals surface area contributed by atoms with Crippen molar-refractivity contribution in [2.24, 2.45) is 0 Å². The van der Waals surface area contributed by atoms with Crippen molar-refractivity contribution in [3.05, 3.63) is 76.0 Å². The molecule has 28 heavy (non-hydrogen) atoms. The molecule has 0 aromatic carbocycles. The molecule has 6 heteroatoms. The first-order valence-corrected chi connectivity index (χ1v) is 10.4. The van der Waals surface area contributed by atoms with Crippen LogP contribution in [0.5, 0.6) is 0 Å². The van der Waals surface area contributed by atoms with E-state index >= 15 is 0 Å². The Labute approximate surface area is 168 Å². The number of thiophene rings is 1. The lowest BCUT2D eigenvalue weighted by Crippen LogP contribution is -2.38. The largest absolute Gasteiger partial charge is 0.365 e. The fourth-order valence-electron chi connectivity index (χ4n) is 4.51. The molecule has 2 aliphatic heterocycles. The molecule has 5 nitrogen and oxygen atoms in total. The monoisotopic (exact) mass is 390 g/mol. The zero-order valence-corrected chi connectivity index (χ0v) is 16.7. The van der Waals surface area contributed by atoms with E-state index in [0.717, 1.165) is 43.2 Å². The van der Waals surface area contributed by atoms with Gasteiger partial charge < -0.3 is 9.80 Å². The Balaban J connectivity index is 1.42. The predicted molar refractivity (Wildman–Crippen MR) is 111 cm³/mol. The van der Waals surface area contributed by atoms with E-state index < -0.39 is 0 Å². The summed E-state index contributed by atoms with van der Waals surface area (Å²) >= 11 is 1.58. The summed E-state index contributed by atoms with van der Waals surface area (Å²) in [4.78, 5) is 28.4. The molecule has 3 aromatic heterocycles. The van der Waals surface area contributed by atoms with E-state index in [4.69, 9.17) is 4.98 Å². The van der Waals surface area contributed by atoms with Crippen LogP contribution in [0.3, 0.4) is 0 Å². The summed E-state index contributed by atoms with van der Waals surface area (Å²) in [5, 5.41) is 0. The summed E-state index contributed by atoms with van der Waals surface area (Å²) in [5.74, 6) is 0.151.